The Kier molecular flexibility index (Phi) is 5.39. The molecule has 5 heteroatoms. The largest absolute Gasteiger partial charge is 0.479 e. The molecule has 1 saturated heterocycles. The summed E-state index contributed by atoms with van der Waals surface area (Å²) in [6.07, 6.45) is 5.05. The molecule has 0 bridgehead atoms. The van der Waals surface area contributed by atoms with Crippen LogP contribution in [0.1, 0.15) is 39.0 Å². The van der Waals surface area contributed by atoms with Gasteiger partial charge in [0.25, 0.3) is 0 Å². The maximum atomic E-state index is 12.4. The van der Waals surface area contributed by atoms with Crippen LogP contribution in [0.2, 0.25) is 0 Å². The second kappa shape index (κ2) is 6.59. The first-order valence-electron chi connectivity index (χ1n) is 6.86. The molecule has 0 spiro atoms. The minimum atomic E-state index is -1.01. The smallest absolute Gasteiger partial charge is 0.329 e. The van der Waals surface area contributed by atoms with Crippen LogP contribution in [0.15, 0.2) is 12.7 Å². The van der Waals surface area contributed by atoms with Gasteiger partial charge in [0, 0.05) is 20.1 Å². The van der Waals surface area contributed by atoms with Crippen LogP contribution in [-0.4, -0.2) is 52.6 Å². The van der Waals surface area contributed by atoms with Crippen LogP contribution in [0, 0.1) is 0 Å². The highest BCUT2D eigenvalue weighted by molar-refractivity contribution is 5.87. The summed E-state index contributed by atoms with van der Waals surface area (Å²) in [4.78, 5) is 27.2. The number of amides is 2. The highest BCUT2D eigenvalue weighted by atomic mass is 16.4. The molecule has 2 amide bonds. The molecular formula is C14H24N2O3. The van der Waals surface area contributed by atoms with Gasteiger partial charge in [0.1, 0.15) is 5.54 Å². The lowest BCUT2D eigenvalue weighted by Gasteiger charge is -2.37. The lowest BCUT2D eigenvalue weighted by molar-refractivity contribution is -0.148. The number of carboxylic acids is 1. The molecule has 1 N–H and O–H groups in total. The fraction of sp³-hybridized carbons (Fsp3) is 0.714. The molecule has 1 aliphatic rings. The molecule has 0 aromatic carbocycles. The number of rotatable bonds is 6. The van der Waals surface area contributed by atoms with Crippen LogP contribution in [0.25, 0.3) is 0 Å². The minimum absolute atomic E-state index is 0.185. The molecule has 1 fully saturated rings. The summed E-state index contributed by atoms with van der Waals surface area (Å²) in [5, 5.41) is 9.54. The van der Waals surface area contributed by atoms with E-state index in [-0.39, 0.29) is 6.03 Å². The van der Waals surface area contributed by atoms with Crippen molar-refractivity contribution in [2.45, 2.75) is 44.6 Å². The summed E-state index contributed by atoms with van der Waals surface area (Å²) < 4.78 is 0. The van der Waals surface area contributed by atoms with Gasteiger partial charge in [-0.1, -0.05) is 19.4 Å². The van der Waals surface area contributed by atoms with Crippen molar-refractivity contribution >= 4 is 12.0 Å². The van der Waals surface area contributed by atoms with E-state index in [2.05, 4.69) is 6.58 Å². The second-order valence-electron chi connectivity index (χ2n) is 5.12. The Balaban J connectivity index is 2.87. The number of urea groups is 1. The number of nitrogens with zero attached hydrogens (tertiary/aromatic N) is 2. The minimum Gasteiger partial charge on any atom is -0.479 e. The van der Waals surface area contributed by atoms with Gasteiger partial charge in [-0.3, -0.25) is 0 Å². The zero-order chi connectivity index (χ0) is 14.5. The quantitative estimate of drug-likeness (QED) is 0.752. The summed E-state index contributed by atoms with van der Waals surface area (Å²) >= 11 is 0. The number of carboxylic acid groups (broad SMARTS) is 1. The summed E-state index contributed by atoms with van der Waals surface area (Å²) in [7, 11) is 1.71. The van der Waals surface area contributed by atoms with Crippen molar-refractivity contribution < 1.29 is 14.7 Å². The van der Waals surface area contributed by atoms with Crippen molar-refractivity contribution in [1.29, 1.82) is 0 Å². The van der Waals surface area contributed by atoms with Gasteiger partial charge in [-0.05, 0) is 25.7 Å². The molecule has 0 radical (unpaired) electrons. The zero-order valence-corrected chi connectivity index (χ0v) is 11.9. The first kappa shape index (κ1) is 15.5. The number of carbonyl (C=O) groups excluding carboxylic acids is 1. The number of carbonyl (C=O) groups is 2. The maximum Gasteiger partial charge on any atom is 0.329 e. The Hall–Kier alpha value is -1.52. The highest BCUT2D eigenvalue weighted by Crippen LogP contribution is 2.34. The molecule has 19 heavy (non-hydrogen) atoms. The fourth-order valence-electron chi connectivity index (χ4n) is 2.75. The molecule has 5 nitrogen and oxygen atoms in total. The average molecular weight is 268 g/mol. The van der Waals surface area contributed by atoms with Gasteiger partial charge in [0.15, 0.2) is 0 Å². The first-order chi connectivity index (χ1) is 8.99. The van der Waals surface area contributed by atoms with Gasteiger partial charge in [-0.15, -0.1) is 6.58 Å². The SMILES string of the molecule is C=CCCN(C)C(=O)N1CCCC1(CCC)C(=O)O. The zero-order valence-electron chi connectivity index (χ0n) is 11.9. The van der Waals surface area contributed by atoms with Crippen molar-refractivity contribution in [3.8, 4) is 0 Å². The van der Waals surface area contributed by atoms with Gasteiger partial charge >= 0.3 is 12.0 Å². The number of hydrogen-bond acceptors (Lipinski definition) is 2. The third-order valence-electron chi connectivity index (χ3n) is 3.78. The van der Waals surface area contributed by atoms with E-state index < -0.39 is 11.5 Å². The molecule has 0 aromatic heterocycles. The summed E-state index contributed by atoms with van der Waals surface area (Å²) in [5.74, 6) is -0.877. The second-order valence-corrected chi connectivity index (χ2v) is 5.12. The van der Waals surface area contributed by atoms with Crippen molar-refractivity contribution in [1.82, 2.24) is 9.80 Å². The molecule has 1 atom stereocenters. The first-order valence-corrected chi connectivity index (χ1v) is 6.86. The van der Waals surface area contributed by atoms with Gasteiger partial charge < -0.3 is 14.9 Å². The van der Waals surface area contributed by atoms with E-state index in [1.54, 1.807) is 22.9 Å². The third-order valence-corrected chi connectivity index (χ3v) is 3.78. The molecular weight excluding hydrogens is 244 g/mol. The Morgan fingerprint density at radius 3 is 2.74 bits per heavy atom. The highest BCUT2D eigenvalue weighted by Gasteiger charge is 2.49. The topological polar surface area (TPSA) is 60.9 Å². The Labute approximate surface area is 114 Å². The third kappa shape index (κ3) is 3.08. The van der Waals surface area contributed by atoms with E-state index in [0.717, 1.165) is 12.8 Å². The van der Waals surface area contributed by atoms with Crippen molar-refractivity contribution in [3.63, 3.8) is 0 Å². The fourth-order valence-corrected chi connectivity index (χ4v) is 2.75. The summed E-state index contributed by atoms with van der Waals surface area (Å²) in [6.45, 7) is 6.68. The van der Waals surface area contributed by atoms with Crippen LogP contribution in [0.5, 0.6) is 0 Å². The molecule has 1 heterocycles. The van der Waals surface area contributed by atoms with Crippen molar-refractivity contribution in [3.05, 3.63) is 12.7 Å². The maximum absolute atomic E-state index is 12.4. The van der Waals surface area contributed by atoms with Gasteiger partial charge in [-0.25, -0.2) is 9.59 Å². The van der Waals surface area contributed by atoms with E-state index in [9.17, 15) is 14.7 Å². The van der Waals surface area contributed by atoms with Crippen LogP contribution in [0.4, 0.5) is 4.79 Å². The van der Waals surface area contributed by atoms with Crippen LogP contribution in [-0.2, 0) is 4.79 Å². The molecule has 0 saturated carbocycles. The average Bonchev–Trinajstić information content (AvgIpc) is 2.80. The molecule has 0 aromatic rings. The van der Waals surface area contributed by atoms with Crippen molar-refractivity contribution in [2.24, 2.45) is 0 Å². The number of aliphatic carboxylic acids is 1. The molecule has 1 rings (SSSR count). The van der Waals surface area contributed by atoms with Gasteiger partial charge in [0.05, 0.1) is 0 Å². The lowest BCUT2D eigenvalue weighted by Crippen LogP contribution is -2.56. The lowest BCUT2D eigenvalue weighted by atomic mass is 9.91. The van der Waals surface area contributed by atoms with E-state index >= 15 is 0 Å². The Morgan fingerprint density at radius 1 is 1.53 bits per heavy atom. The van der Waals surface area contributed by atoms with E-state index in [1.165, 1.54) is 0 Å². The Bertz CT molecular complexity index is 357. The normalized spacial score (nSPS) is 22.3. The number of likely N-dealkylation sites (tertiary alicyclic amines) is 1. The Morgan fingerprint density at radius 2 is 2.21 bits per heavy atom. The van der Waals surface area contributed by atoms with Crippen LogP contribution >= 0.6 is 0 Å². The molecule has 108 valence electrons. The predicted octanol–water partition coefficient (Wildman–Crippen LogP) is 2.33. The van der Waals surface area contributed by atoms with Gasteiger partial charge in [-0.2, -0.15) is 0 Å². The standard InChI is InChI=1S/C14H24N2O3/c1-4-6-10-15(3)13(19)16-11-7-9-14(16,8-5-2)12(17)18/h4H,1,5-11H2,2-3H3,(H,17,18). The monoisotopic (exact) mass is 268 g/mol. The van der Waals surface area contributed by atoms with Crippen molar-refractivity contribution in [2.75, 3.05) is 20.1 Å². The van der Waals surface area contributed by atoms with E-state index in [4.69, 9.17) is 0 Å². The predicted molar refractivity (Wildman–Crippen MR) is 74.1 cm³/mol. The number of hydrogen-bond donors (Lipinski definition) is 1. The van der Waals surface area contributed by atoms with E-state index in [1.807, 2.05) is 6.92 Å². The van der Waals surface area contributed by atoms with Crippen LogP contribution < -0.4 is 0 Å². The molecule has 1 unspecified atom stereocenters. The van der Waals surface area contributed by atoms with Crippen LogP contribution in [0.3, 0.4) is 0 Å². The molecule has 1 aliphatic heterocycles. The van der Waals surface area contributed by atoms with Gasteiger partial charge in [0.2, 0.25) is 0 Å². The summed E-state index contributed by atoms with van der Waals surface area (Å²) in [5.41, 5.74) is -1.01. The van der Waals surface area contributed by atoms with E-state index in [0.29, 0.717) is 32.4 Å². The molecule has 0 aliphatic carbocycles. The summed E-state index contributed by atoms with van der Waals surface area (Å²) in [6, 6.07) is -0.185.